The van der Waals surface area contributed by atoms with Gasteiger partial charge in [-0.1, -0.05) is 0 Å². The molecule has 2 heterocycles. The first-order valence-electron chi connectivity index (χ1n) is 11.8. The van der Waals surface area contributed by atoms with Gasteiger partial charge in [-0.25, -0.2) is 18.0 Å². The number of nitrogens with zero attached hydrogens (tertiary/aromatic N) is 3. The van der Waals surface area contributed by atoms with Gasteiger partial charge in [0.25, 0.3) is 10.0 Å². The van der Waals surface area contributed by atoms with Gasteiger partial charge in [0.1, 0.15) is 22.8 Å². The van der Waals surface area contributed by atoms with Crippen LogP contribution < -0.4 is 14.2 Å². The number of fused-ring (bicyclic) bond motifs is 1. The van der Waals surface area contributed by atoms with Crippen LogP contribution >= 0.6 is 0 Å². The molecule has 0 aliphatic heterocycles. The van der Waals surface area contributed by atoms with Crippen molar-refractivity contribution in [1.82, 2.24) is 13.9 Å². The number of aryl methyl sites for hydroxylation is 1. The average molecular weight is 652 g/mol. The number of methoxy groups -OCH3 is 2. The zero-order valence-corrected chi connectivity index (χ0v) is 23.9. The number of ether oxygens (including phenoxy) is 3. The minimum absolute atomic E-state index is 0. The molecule has 0 radical (unpaired) electrons. The van der Waals surface area contributed by atoms with Crippen molar-refractivity contribution in [1.29, 1.82) is 0 Å². The molecule has 1 unspecified atom stereocenters. The van der Waals surface area contributed by atoms with Crippen molar-refractivity contribution >= 4 is 103 Å². The molecule has 0 saturated heterocycles. The van der Waals surface area contributed by atoms with Crippen LogP contribution in [0.2, 0.25) is 0 Å². The molecule has 2 aromatic carbocycles. The summed E-state index contributed by atoms with van der Waals surface area (Å²) in [5, 5.41) is 18.2. The van der Waals surface area contributed by atoms with Gasteiger partial charge in [-0.05, 0) is 44.2 Å². The number of aliphatic carboxylic acids is 1. The molecule has 4 aromatic rings. The average Bonchev–Trinajstić information content (AvgIpc) is 3.33. The number of aromatic carboxylic acids is 1. The van der Waals surface area contributed by atoms with Crippen molar-refractivity contribution in [2.24, 2.45) is 0 Å². The standard InChI is InChI=1S/C26H25N3O10S2.2Na.2H/c1-14-11-27-20(15(2)24(14)38-4)13-40(34)26-28-19-7-5-16(37-3)9-21(19)29(26)41(35,36)17-6-8-22(39-12-23(30)31)18(10-17)25(32)33;;;;/h5-11H,12-13H2,1-4H3,(H,30,31)(H,32,33);;;;. The van der Waals surface area contributed by atoms with Gasteiger partial charge in [0, 0.05) is 34.6 Å². The Balaban J connectivity index is 0.00000323. The molecule has 0 fully saturated rings. The van der Waals surface area contributed by atoms with Gasteiger partial charge < -0.3 is 29.0 Å². The number of pyridine rings is 1. The molecule has 4 rings (SSSR count). The van der Waals surface area contributed by atoms with E-state index >= 15 is 0 Å². The summed E-state index contributed by atoms with van der Waals surface area (Å²) in [6.07, 6.45) is 1.56. The monoisotopic (exact) mass is 651 g/mol. The Morgan fingerprint density at radius 2 is 1.74 bits per heavy atom. The van der Waals surface area contributed by atoms with Gasteiger partial charge in [0.15, 0.2) is 12.4 Å². The van der Waals surface area contributed by atoms with Crippen molar-refractivity contribution < 1.29 is 47.0 Å². The third kappa shape index (κ3) is 7.67. The van der Waals surface area contributed by atoms with Crippen LogP contribution in [0, 0.1) is 13.8 Å². The number of benzene rings is 2. The number of rotatable bonds is 11. The van der Waals surface area contributed by atoms with Gasteiger partial charge in [-0.3, -0.25) is 4.98 Å². The zero-order valence-electron chi connectivity index (χ0n) is 22.3. The second kappa shape index (κ2) is 15.1. The molecule has 0 aliphatic carbocycles. The fourth-order valence-corrected chi connectivity index (χ4v) is 7.19. The Morgan fingerprint density at radius 3 is 2.35 bits per heavy atom. The summed E-state index contributed by atoms with van der Waals surface area (Å²) in [5.41, 5.74) is 1.48. The van der Waals surface area contributed by atoms with Crippen LogP contribution in [-0.4, -0.2) is 129 Å². The van der Waals surface area contributed by atoms with E-state index in [9.17, 15) is 27.7 Å². The molecular formula is C26H27N3Na2O10S2. The minimum atomic E-state index is -4.62. The Bertz CT molecular complexity index is 1780. The first-order valence-corrected chi connectivity index (χ1v) is 14.6. The molecule has 1 atom stereocenters. The number of carboxylic acid groups (broad SMARTS) is 2. The Kier molecular flexibility index (Phi) is 12.9. The van der Waals surface area contributed by atoms with E-state index in [-0.39, 0.29) is 86.8 Å². The second-order valence-electron chi connectivity index (χ2n) is 8.70. The van der Waals surface area contributed by atoms with Crippen LogP contribution in [0.15, 0.2) is 52.6 Å². The Labute approximate surface area is 294 Å². The van der Waals surface area contributed by atoms with Gasteiger partial charge in [-0.2, -0.15) is 8.96 Å². The number of aromatic nitrogens is 3. The maximum atomic E-state index is 14.0. The SMILES string of the molecule is COc1ccc2nc([S+]([O-])Cc3ncc(C)c(OC)c3C)n(S(=O)(=O)c3ccc(OCC(=O)O)c(C(=O)O)c3)c2c1.[NaH].[NaH]. The summed E-state index contributed by atoms with van der Waals surface area (Å²) in [4.78, 5) is 31.0. The molecule has 0 bridgehead atoms. The van der Waals surface area contributed by atoms with Gasteiger partial charge in [-0.15, -0.1) is 0 Å². The Hall–Kier alpha value is -2.34. The fourth-order valence-electron chi connectivity index (χ4n) is 4.13. The molecule has 0 amide bonds. The van der Waals surface area contributed by atoms with Crippen molar-refractivity contribution in [3.8, 4) is 17.2 Å². The molecule has 220 valence electrons. The third-order valence-corrected chi connectivity index (χ3v) is 9.12. The van der Waals surface area contributed by atoms with E-state index in [1.54, 1.807) is 19.2 Å². The predicted molar refractivity (Wildman–Crippen MR) is 160 cm³/mol. The van der Waals surface area contributed by atoms with Crippen LogP contribution in [0.5, 0.6) is 17.2 Å². The van der Waals surface area contributed by atoms with E-state index in [2.05, 4.69) is 9.97 Å². The van der Waals surface area contributed by atoms with Gasteiger partial charge in [0.05, 0.1) is 35.8 Å². The van der Waals surface area contributed by atoms with Crippen molar-refractivity contribution in [2.45, 2.75) is 29.7 Å². The first-order chi connectivity index (χ1) is 19.4. The normalized spacial score (nSPS) is 11.7. The van der Waals surface area contributed by atoms with E-state index in [0.717, 1.165) is 27.7 Å². The molecule has 0 spiro atoms. The molecule has 2 aromatic heterocycles. The third-order valence-electron chi connectivity index (χ3n) is 6.08. The van der Waals surface area contributed by atoms with Gasteiger partial charge in [0.2, 0.25) is 0 Å². The quantitative estimate of drug-likeness (QED) is 0.176. The van der Waals surface area contributed by atoms with Crippen LogP contribution in [0.25, 0.3) is 11.0 Å². The maximum absolute atomic E-state index is 14.0. The molecule has 2 N–H and O–H groups in total. The molecular weight excluding hydrogens is 624 g/mol. The molecule has 17 heteroatoms. The van der Waals surface area contributed by atoms with Crippen LogP contribution in [0.1, 0.15) is 27.2 Å². The molecule has 13 nitrogen and oxygen atoms in total. The zero-order chi connectivity index (χ0) is 30.1. The topological polar surface area (TPSA) is 190 Å². The van der Waals surface area contributed by atoms with E-state index in [4.69, 9.17) is 19.3 Å². The molecule has 0 saturated carbocycles. The number of hydrogen-bond donors (Lipinski definition) is 2. The summed E-state index contributed by atoms with van der Waals surface area (Å²) in [6.45, 7) is 2.72. The number of imidazole rings is 1. The fraction of sp³-hybridized carbons (Fsp3) is 0.231. The first kappa shape index (κ1) is 36.8. The second-order valence-corrected chi connectivity index (χ2v) is 11.8. The summed E-state index contributed by atoms with van der Waals surface area (Å²) in [5.74, 6) is -2.56. The summed E-state index contributed by atoms with van der Waals surface area (Å²) < 4.78 is 58.3. The number of carbonyl (C=O) groups is 2. The molecule has 43 heavy (non-hydrogen) atoms. The van der Waals surface area contributed by atoms with Crippen LogP contribution in [0.3, 0.4) is 0 Å². The van der Waals surface area contributed by atoms with Crippen LogP contribution in [-0.2, 0) is 31.7 Å². The van der Waals surface area contributed by atoms with Crippen molar-refractivity contribution in [2.75, 3.05) is 20.8 Å². The Morgan fingerprint density at radius 1 is 1.05 bits per heavy atom. The summed E-state index contributed by atoms with van der Waals surface area (Å²) in [7, 11) is -1.73. The van der Waals surface area contributed by atoms with E-state index in [1.807, 2.05) is 6.92 Å². The van der Waals surface area contributed by atoms with E-state index in [1.165, 1.54) is 26.4 Å². The van der Waals surface area contributed by atoms with E-state index < -0.39 is 50.2 Å². The van der Waals surface area contributed by atoms with Crippen LogP contribution in [0.4, 0.5) is 0 Å². The number of hydrogen-bond acceptors (Lipinski definition) is 10. The predicted octanol–water partition coefficient (Wildman–Crippen LogP) is 1.47. The van der Waals surface area contributed by atoms with E-state index in [0.29, 0.717) is 22.8 Å². The summed E-state index contributed by atoms with van der Waals surface area (Å²) >= 11 is -2.05. The van der Waals surface area contributed by atoms with Gasteiger partial charge >= 0.3 is 76.2 Å². The summed E-state index contributed by atoms with van der Waals surface area (Å²) in [6, 6.07) is 7.42. The number of carboxylic acids is 2. The van der Waals surface area contributed by atoms with Crippen molar-refractivity contribution in [3.05, 3.63) is 65.0 Å². The molecule has 0 aliphatic rings. The van der Waals surface area contributed by atoms with Crippen molar-refractivity contribution in [3.63, 3.8) is 0 Å².